The van der Waals surface area contributed by atoms with Gasteiger partial charge in [-0.2, -0.15) is 8.78 Å². The predicted octanol–water partition coefficient (Wildman–Crippen LogP) is -0.376. The van der Waals surface area contributed by atoms with Crippen LogP contribution in [0.3, 0.4) is 0 Å². The number of halogens is 2. The van der Waals surface area contributed by atoms with Crippen molar-refractivity contribution < 1.29 is 42.6 Å². The van der Waals surface area contributed by atoms with Gasteiger partial charge >= 0.3 is 13.3 Å². The Morgan fingerprint density at radius 1 is 1.13 bits per heavy atom. The highest BCUT2D eigenvalue weighted by Gasteiger charge is 2.50. The number of amides is 3. The van der Waals surface area contributed by atoms with Crippen LogP contribution in [0.15, 0.2) is 29.6 Å². The summed E-state index contributed by atoms with van der Waals surface area (Å²) in [4.78, 5) is 63.5. The molecule has 0 aromatic heterocycles. The average molecular weight is 466 g/mol. The quantitative estimate of drug-likeness (QED) is 0.153. The maximum absolute atomic E-state index is 13.7. The third-order valence-corrected chi connectivity index (χ3v) is 5.01. The van der Waals surface area contributed by atoms with Crippen LogP contribution in [0.25, 0.3) is 0 Å². The lowest BCUT2D eigenvalue weighted by molar-refractivity contribution is -0.133. The van der Waals surface area contributed by atoms with E-state index in [0.717, 1.165) is 31.2 Å². The number of alkyl halides is 2. The van der Waals surface area contributed by atoms with Gasteiger partial charge in [-0.3, -0.25) is 18.9 Å². The Morgan fingerprint density at radius 3 is 2.10 bits per heavy atom. The molecule has 15 heteroatoms. The number of aliphatic hydroxyl groups is 1. The molecular formula is C16H21F2N4O8P. The van der Waals surface area contributed by atoms with E-state index in [1.807, 2.05) is 0 Å². The number of benzene rings is 1. The zero-order chi connectivity index (χ0) is 24.0. The minimum Gasteiger partial charge on any atom is -0.391 e. The molecule has 0 saturated carbocycles. The molecular weight excluding hydrogens is 445 g/mol. The summed E-state index contributed by atoms with van der Waals surface area (Å²) in [6.07, 6.45) is -1.69. The van der Waals surface area contributed by atoms with Crippen LogP contribution in [0.5, 0.6) is 0 Å². The van der Waals surface area contributed by atoms with Crippen LogP contribution in [-0.2, 0) is 31.0 Å². The van der Waals surface area contributed by atoms with Crippen molar-refractivity contribution in [1.29, 1.82) is 0 Å². The molecule has 0 aliphatic carbocycles. The Morgan fingerprint density at radius 2 is 1.68 bits per heavy atom. The Labute approximate surface area is 174 Å². The van der Waals surface area contributed by atoms with Crippen molar-refractivity contribution in [3.05, 3.63) is 40.3 Å². The summed E-state index contributed by atoms with van der Waals surface area (Å²) in [7, 11) is -5.77. The number of carbonyl (C=O) groups excluding carboxylic acids is 3. The van der Waals surface area contributed by atoms with Crippen LogP contribution in [-0.4, -0.2) is 50.8 Å². The van der Waals surface area contributed by atoms with E-state index in [2.05, 4.69) is 15.9 Å². The largest absolute Gasteiger partial charge is 0.399 e. The van der Waals surface area contributed by atoms with Gasteiger partial charge in [0.2, 0.25) is 11.8 Å². The second-order valence-corrected chi connectivity index (χ2v) is 8.18. The Hall–Kier alpha value is -2.80. The first-order valence-corrected chi connectivity index (χ1v) is 10.2. The lowest BCUT2D eigenvalue weighted by atomic mass is 10.0. The summed E-state index contributed by atoms with van der Waals surface area (Å²) >= 11 is 0. The van der Waals surface area contributed by atoms with Crippen molar-refractivity contribution in [3.63, 3.8) is 0 Å². The Balaban J connectivity index is 3.09. The molecule has 1 aromatic carbocycles. The van der Waals surface area contributed by atoms with Gasteiger partial charge in [0.15, 0.2) is 0 Å². The first-order chi connectivity index (χ1) is 14.2. The number of nitroso groups, excluding NO2 is 1. The lowest BCUT2D eigenvalue weighted by Gasteiger charge is -2.24. The second kappa shape index (κ2) is 10.5. The molecule has 1 aromatic rings. The molecule has 12 nitrogen and oxygen atoms in total. The third-order valence-electron chi connectivity index (χ3n) is 4.02. The van der Waals surface area contributed by atoms with Crippen LogP contribution < -0.4 is 16.1 Å². The molecule has 0 bridgehead atoms. The highest BCUT2D eigenvalue weighted by Crippen LogP contribution is 2.59. The number of carbonyl (C=O) groups is 3. The van der Waals surface area contributed by atoms with Crippen molar-refractivity contribution in [2.45, 2.75) is 44.1 Å². The summed E-state index contributed by atoms with van der Waals surface area (Å²) < 4.78 is 38.4. The summed E-state index contributed by atoms with van der Waals surface area (Å²) in [6.45, 7) is 2.31. The van der Waals surface area contributed by atoms with Crippen molar-refractivity contribution in [2.24, 2.45) is 5.29 Å². The summed E-state index contributed by atoms with van der Waals surface area (Å²) in [6, 6.07) is 0.659. The number of hydrogen-bond donors (Lipinski definition) is 6. The van der Waals surface area contributed by atoms with Crippen molar-refractivity contribution in [2.75, 3.05) is 0 Å². The standard InChI is InChI=1S/C16H21F2N4O8P/c1-8(23)13(19-9(2)24)15(26)20-12(14(25)21-22-27)7-10-3-5-11(6-4-10)16(17,18)31(28,29)30/h3-6,8,12-13,23H,7H2,1-2H3,(H,19,24)(H,20,26)(H,21,25,27)(H2,28,29,30)/t8-,12+,13+/m1/s1. The molecule has 0 aliphatic rings. The SMILES string of the molecule is CC(=O)N[C@H](C(=O)N[C@@H](Cc1ccc(C(F)(F)P(=O)(O)O)cc1)C(=O)NN=O)[C@@H](C)O. The average Bonchev–Trinajstić information content (AvgIpc) is 2.64. The first kappa shape index (κ1) is 26.2. The number of aliphatic hydroxyl groups excluding tert-OH is 1. The Bertz CT molecular complexity index is 875. The fourth-order valence-corrected chi connectivity index (χ4v) is 2.95. The predicted molar refractivity (Wildman–Crippen MR) is 101 cm³/mol. The molecule has 6 N–H and O–H groups in total. The molecule has 3 atom stereocenters. The molecule has 0 radical (unpaired) electrons. The fraction of sp³-hybridized carbons (Fsp3) is 0.438. The van der Waals surface area contributed by atoms with Gasteiger partial charge in [0.25, 0.3) is 5.91 Å². The van der Waals surface area contributed by atoms with Crippen LogP contribution in [0.4, 0.5) is 8.78 Å². The Kier molecular flexibility index (Phi) is 8.87. The monoisotopic (exact) mass is 466 g/mol. The van der Waals surface area contributed by atoms with Crippen LogP contribution >= 0.6 is 7.60 Å². The van der Waals surface area contributed by atoms with Gasteiger partial charge in [0, 0.05) is 18.9 Å². The normalized spacial score (nSPS) is 14.7. The highest BCUT2D eigenvalue weighted by atomic mass is 31.2. The molecule has 0 unspecified atom stereocenters. The van der Waals surface area contributed by atoms with Gasteiger partial charge in [-0.1, -0.05) is 24.3 Å². The third kappa shape index (κ3) is 7.14. The molecule has 0 fully saturated rings. The van der Waals surface area contributed by atoms with Gasteiger partial charge in [-0.15, -0.1) is 4.91 Å². The topological polar surface area (TPSA) is 194 Å². The number of nitrogens with zero attached hydrogens (tertiary/aromatic N) is 1. The van der Waals surface area contributed by atoms with E-state index in [0.29, 0.717) is 0 Å². The van der Waals surface area contributed by atoms with E-state index in [1.54, 1.807) is 5.43 Å². The lowest BCUT2D eigenvalue weighted by Crippen LogP contribution is -2.56. The van der Waals surface area contributed by atoms with E-state index in [-0.39, 0.29) is 12.0 Å². The van der Waals surface area contributed by atoms with E-state index in [1.165, 1.54) is 6.92 Å². The molecule has 0 spiro atoms. The minimum absolute atomic E-state index is 0.171. The molecule has 3 amide bonds. The van der Waals surface area contributed by atoms with Gasteiger partial charge in [-0.25, -0.2) is 5.43 Å². The molecule has 0 aliphatic heterocycles. The van der Waals surface area contributed by atoms with E-state index in [9.17, 15) is 37.7 Å². The van der Waals surface area contributed by atoms with Gasteiger partial charge in [0.05, 0.1) is 11.4 Å². The molecule has 31 heavy (non-hydrogen) atoms. The van der Waals surface area contributed by atoms with Crippen molar-refractivity contribution >= 4 is 25.3 Å². The zero-order valence-corrected chi connectivity index (χ0v) is 17.2. The zero-order valence-electron chi connectivity index (χ0n) is 16.3. The minimum atomic E-state index is -5.77. The molecule has 172 valence electrons. The van der Waals surface area contributed by atoms with E-state index in [4.69, 9.17) is 9.79 Å². The molecule has 0 heterocycles. The smallest absolute Gasteiger partial charge is 0.391 e. The summed E-state index contributed by atoms with van der Waals surface area (Å²) in [5.74, 6) is -2.68. The maximum atomic E-state index is 13.7. The van der Waals surface area contributed by atoms with E-state index < -0.39 is 54.7 Å². The summed E-state index contributed by atoms with van der Waals surface area (Å²) in [5, 5.41) is 16.3. The second-order valence-electron chi connectivity index (χ2n) is 6.53. The number of nitrogens with one attached hydrogen (secondary N) is 3. The van der Waals surface area contributed by atoms with Gasteiger partial charge < -0.3 is 25.5 Å². The van der Waals surface area contributed by atoms with Gasteiger partial charge in [-0.05, 0) is 12.5 Å². The highest BCUT2D eigenvalue weighted by molar-refractivity contribution is 7.52. The van der Waals surface area contributed by atoms with Crippen LogP contribution in [0.2, 0.25) is 0 Å². The number of hydrogen-bond acceptors (Lipinski definition) is 7. The number of rotatable bonds is 10. The summed E-state index contributed by atoms with van der Waals surface area (Å²) in [5.41, 5.74) is -3.65. The van der Waals surface area contributed by atoms with Crippen molar-refractivity contribution in [3.8, 4) is 0 Å². The molecule has 1 rings (SSSR count). The maximum Gasteiger partial charge on any atom is 0.399 e. The fourth-order valence-electron chi connectivity index (χ4n) is 2.46. The molecule has 0 saturated heterocycles. The van der Waals surface area contributed by atoms with E-state index >= 15 is 0 Å². The first-order valence-electron chi connectivity index (χ1n) is 8.61. The van der Waals surface area contributed by atoms with Crippen LogP contribution in [0.1, 0.15) is 25.0 Å². The van der Waals surface area contributed by atoms with Crippen LogP contribution in [0, 0.1) is 4.91 Å². The van der Waals surface area contributed by atoms with Gasteiger partial charge in [0.1, 0.15) is 12.1 Å². The van der Waals surface area contributed by atoms with Crippen molar-refractivity contribution in [1.82, 2.24) is 16.1 Å².